The Morgan fingerprint density at radius 1 is 1.05 bits per heavy atom. The van der Waals surface area contributed by atoms with E-state index in [-0.39, 0.29) is 33.6 Å². The molecule has 9 nitrogen and oxygen atoms in total. The quantitative estimate of drug-likeness (QED) is 0.233. The Labute approximate surface area is 249 Å². The fourth-order valence-electron chi connectivity index (χ4n) is 4.74. The molecular weight excluding hydrogens is 581 g/mol. The highest BCUT2D eigenvalue weighted by Gasteiger charge is 2.20. The van der Waals surface area contributed by atoms with Crippen molar-refractivity contribution in [3.8, 4) is 16.8 Å². The monoisotopic (exact) mass is 613 g/mol. The van der Waals surface area contributed by atoms with Gasteiger partial charge < -0.3 is 5.32 Å². The lowest BCUT2D eigenvalue weighted by molar-refractivity contribution is -0.114. The summed E-state index contributed by atoms with van der Waals surface area (Å²) in [6.45, 7) is 5.28. The fraction of sp³-hybridized carbons (Fsp3) is 0.300. The highest BCUT2D eigenvalue weighted by Crippen LogP contribution is 2.30. The molecule has 0 atom stereocenters. The summed E-state index contributed by atoms with van der Waals surface area (Å²) in [6.07, 6.45) is 3.66. The summed E-state index contributed by atoms with van der Waals surface area (Å²) in [5.74, 6) is -0.437. The van der Waals surface area contributed by atoms with E-state index in [2.05, 4.69) is 10.4 Å². The van der Waals surface area contributed by atoms with Gasteiger partial charge in [-0.25, -0.2) is 22.7 Å². The van der Waals surface area contributed by atoms with E-state index in [4.69, 9.17) is 16.7 Å². The maximum atomic E-state index is 15.6. The topological polar surface area (TPSA) is 129 Å². The number of primary sulfonamides is 1. The maximum Gasteiger partial charge on any atom is 0.351 e. The minimum absolute atomic E-state index is 0.0905. The maximum absolute atomic E-state index is 15.6. The van der Waals surface area contributed by atoms with Gasteiger partial charge in [0.1, 0.15) is 11.6 Å². The molecule has 0 spiro atoms. The first kappa shape index (κ1) is 31.1. The second-order valence-electron chi connectivity index (χ2n) is 10.1. The number of nitrogens with two attached hydrogens (primary N) is 1. The number of anilines is 1. The minimum Gasteiger partial charge on any atom is -0.326 e. The zero-order valence-corrected chi connectivity index (χ0v) is 25.2. The number of carbonyl (C=O) groups is 1. The molecule has 0 bridgehead atoms. The number of rotatable bonds is 11. The average molecular weight is 614 g/mol. The molecule has 0 radical (unpaired) electrons. The van der Waals surface area contributed by atoms with Crippen LogP contribution in [0.5, 0.6) is 0 Å². The molecule has 0 aliphatic rings. The molecule has 0 aliphatic carbocycles. The molecule has 42 heavy (non-hydrogen) atoms. The summed E-state index contributed by atoms with van der Waals surface area (Å²) in [5.41, 5.74) is 2.01. The molecule has 12 heteroatoms. The second kappa shape index (κ2) is 13.0. The number of aryl methyl sites for hydroxylation is 2. The molecule has 4 aromatic rings. The van der Waals surface area contributed by atoms with Crippen molar-refractivity contribution in [3.63, 3.8) is 0 Å². The Bertz CT molecular complexity index is 1800. The van der Waals surface area contributed by atoms with Crippen LogP contribution in [0.25, 0.3) is 16.8 Å². The van der Waals surface area contributed by atoms with Crippen molar-refractivity contribution >= 4 is 33.2 Å². The molecule has 1 amide bonds. The van der Waals surface area contributed by atoms with E-state index in [0.717, 1.165) is 35.9 Å². The number of hydrogen-bond donors (Lipinski definition) is 2. The summed E-state index contributed by atoms with van der Waals surface area (Å²) < 4.78 is 42.7. The van der Waals surface area contributed by atoms with Gasteiger partial charge in [-0.15, -0.1) is 5.10 Å². The van der Waals surface area contributed by atoms with E-state index in [0.29, 0.717) is 29.1 Å². The first-order valence-corrected chi connectivity index (χ1v) is 15.6. The van der Waals surface area contributed by atoms with Crippen LogP contribution < -0.4 is 16.1 Å². The predicted molar refractivity (Wildman–Crippen MR) is 162 cm³/mol. The third kappa shape index (κ3) is 6.97. The molecule has 0 saturated heterocycles. The number of amides is 1. The van der Waals surface area contributed by atoms with Crippen LogP contribution in [-0.2, 0) is 34.2 Å². The van der Waals surface area contributed by atoms with E-state index >= 15 is 4.39 Å². The zero-order valence-electron chi connectivity index (χ0n) is 23.7. The van der Waals surface area contributed by atoms with Gasteiger partial charge in [0.2, 0.25) is 15.9 Å². The molecule has 0 aliphatic heterocycles. The van der Waals surface area contributed by atoms with Crippen molar-refractivity contribution in [2.24, 2.45) is 5.14 Å². The van der Waals surface area contributed by atoms with Gasteiger partial charge in [-0.2, -0.15) is 4.68 Å². The van der Waals surface area contributed by atoms with E-state index in [1.165, 1.54) is 29.7 Å². The highest BCUT2D eigenvalue weighted by atomic mass is 35.5. The van der Waals surface area contributed by atoms with E-state index in [9.17, 15) is 18.0 Å². The van der Waals surface area contributed by atoms with Crippen LogP contribution in [0.1, 0.15) is 57.0 Å². The van der Waals surface area contributed by atoms with E-state index < -0.39 is 21.5 Å². The minimum atomic E-state index is -4.05. The Hall–Kier alpha value is -3.80. The number of carbonyl (C=O) groups excluding carboxylic acids is 1. The van der Waals surface area contributed by atoms with Crippen LogP contribution in [0.2, 0.25) is 5.02 Å². The van der Waals surface area contributed by atoms with Gasteiger partial charge in [-0.3, -0.25) is 9.36 Å². The molecule has 3 aromatic carbocycles. The molecule has 0 saturated carbocycles. The van der Waals surface area contributed by atoms with E-state index in [1.54, 1.807) is 36.4 Å². The van der Waals surface area contributed by atoms with Gasteiger partial charge in [-0.05, 0) is 60.4 Å². The smallest absolute Gasteiger partial charge is 0.326 e. The summed E-state index contributed by atoms with van der Waals surface area (Å²) in [5, 5.41) is 12.9. The lowest BCUT2D eigenvalue weighted by atomic mass is 9.99. The molecule has 1 aromatic heterocycles. The Kier molecular flexibility index (Phi) is 9.65. The van der Waals surface area contributed by atoms with Crippen molar-refractivity contribution in [1.82, 2.24) is 14.3 Å². The van der Waals surface area contributed by atoms with Crippen LogP contribution in [0.4, 0.5) is 10.1 Å². The van der Waals surface area contributed by atoms with Crippen LogP contribution in [0, 0.1) is 5.82 Å². The number of nitrogens with zero attached hydrogens (tertiary/aromatic N) is 3. The van der Waals surface area contributed by atoms with Crippen LogP contribution in [-0.4, -0.2) is 28.7 Å². The molecule has 4 rings (SSSR count). The summed E-state index contributed by atoms with van der Waals surface area (Å²) in [6, 6.07) is 14.0. The third-order valence-electron chi connectivity index (χ3n) is 6.77. The fourth-order valence-corrected chi connectivity index (χ4v) is 5.68. The van der Waals surface area contributed by atoms with Gasteiger partial charge in [0.15, 0.2) is 0 Å². The van der Waals surface area contributed by atoms with Crippen LogP contribution in [0.3, 0.4) is 0 Å². The summed E-state index contributed by atoms with van der Waals surface area (Å²) in [7, 11) is -4.05. The normalized spacial score (nSPS) is 11.6. The van der Waals surface area contributed by atoms with Gasteiger partial charge in [0, 0.05) is 30.2 Å². The van der Waals surface area contributed by atoms with E-state index in [1.807, 2.05) is 13.8 Å². The Morgan fingerprint density at radius 2 is 1.81 bits per heavy atom. The van der Waals surface area contributed by atoms with Crippen molar-refractivity contribution in [2.75, 3.05) is 5.32 Å². The van der Waals surface area contributed by atoms with Gasteiger partial charge >= 0.3 is 5.69 Å². The summed E-state index contributed by atoms with van der Waals surface area (Å²) >= 11 is 6.41. The number of benzene rings is 3. The molecular formula is C30H33ClFN5O4S. The van der Waals surface area contributed by atoms with Gasteiger partial charge in [-0.1, -0.05) is 56.5 Å². The number of sulfonamides is 1. The number of nitrogens with one attached hydrogen (secondary N) is 1. The number of halogens is 2. The van der Waals surface area contributed by atoms with Crippen LogP contribution in [0.15, 0.2) is 64.3 Å². The Balaban J connectivity index is 1.77. The number of hydrogen-bond acceptors (Lipinski definition) is 5. The second-order valence-corrected chi connectivity index (χ2v) is 12.0. The lowest BCUT2D eigenvalue weighted by Crippen LogP contribution is -2.25. The van der Waals surface area contributed by atoms with Crippen molar-refractivity contribution in [1.29, 1.82) is 0 Å². The first-order valence-electron chi connectivity index (χ1n) is 13.6. The van der Waals surface area contributed by atoms with Crippen molar-refractivity contribution in [3.05, 3.63) is 92.9 Å². The molecule has 0 fully saturated rings. The highest BCUT2D eigenvalue weighted by molar-refractivity contribution is 7.89. The average Bonchev–Trinajstić information content (AvgIpc) is 3.23. The molecule has 3 N–H and O–H groups in total. The number of unbranched alkanes of at least 4 members (excludes halogenated alkanes) is 1. The summed E-state index contributed by atoms with van der Waals surface area (Å²) in [4.78, 5) is 25.1. The molecule has 222 valence electrons. The zero-order chi connectivity index (χ0) is 30.6. The third-order valence-corrected chi connectivity index (χ3v) is 8.06. The first-order chi connectivity index (χ1) is 19.9. The number of aromatic nitrogens is 3. The standard InChI is InChI=1S/C30H33ClFN5O4S/c1-4-6-8-29-35-37(27-17-23(34-19(3)38)12-13-25(27)31)30(39)36(29)18-22-11-10-21(16-26(22)32)24-15-20(7-5-2)9-14-28(24)42(33,40)41/h9-17H,4-8,18H2,1-3H3,(H,34,38)(H2,33,40,41). The van der Waals surface area contributed by atoms with Gasteiger partial charge in [0.05, 0.1) is 22.2 Å². The Morgan fingerprint density at radius 3 is 2.45 bits per heavy atom. The largest absolute Gasteiger partial charge is 0.351 e. The SMILES string of the molecule is CCCCc1nn(-c2cc(NC(C)=O)ccc2Cl)c(=O)n1Cc1ccc(-c2cc(CCC)ccc2S(N)(=O)=O)cc1F. The predicted octanol–water partition coefficient (Wildman–Crippen LogP) is 5.44. The van der Waals surface area contributed by atoms with Crippen molar-refractivity contribution in [2.45, 2.75) is 64.3 Å². The molecule has 0 unspecified atom stereocenters. The lowest BCUT2D eigenvalue weighted by Gasteiger charge is -2.13. The van der Waals surface area contributed by atoms with Gasteiger partial charge in [0.25, 0.3) is 0 Å². The van der Waals surface area contributed by atoms with Crippen LogP contribution >= 0.6 is 11.6 Å². The molecule has 1 heterocycles. The van der Waals surface area contributed by atoms with Crippen molar-refractivity contribution < 1.29 is 17.6 Å².